The van der Waals surface area contributed by atoms with Crippen LogP contribution in [-0.4, -0.2) is 10.9 Å². The number of pyridine rings is 1. The SMILES string of the molecule is O=C(CCc1cccc(Cl)c1)Nc1cncc2ccccc12. The van der Waals surface area contributed by atoms with Crippen LogP contribution < -0.4 is 5.32 Å². The van der Waals surface area contributed by atoms with Crippen LogP contribution in [0.1, 0.15) is 12.0 Å². The molecular weight excluding hydrogens is 296 g/mol. The lowest BCUT2D eigenvalue weighted by Gasteiger charge is -2.08. The maximum atomic E-state index is 12.1. The molecule has 0 saturated heterocycles. The van der Waals surface area contributed by atoms with Gasteiger partial charge in [-0.2, -0.15) is 0 Å². The standard InChI is InChI=1S/C18H15ClN2O/c19-15-6-3-4-13(10-15)8-9-18(22)21-17-12-20-11-14-5-1-2-7-16(14)17/h1-7,10-12H,8-9H2,(H,21,22). The highest BCUT2D eigenvalue weighted by Crippen LogP contribution is 2.21. The zero-order valence-electron chi connectivity index (χ0n) is 11.9. The van der Waals surface area contributed by atoms with Gasteiger partial charge in [-0.3, -0.25) is 9.78 Å². The van der Waals surface area contributed by atoms with E-state index >= 15 is 0 Å². The van der Waals surface area contributed by atoms with Gasteiger partial charge in [-0.1, -0.05) is 48.0 Å². The average Bonchev–Trinajstić information content (AvgIpc) is 2.53. The summed E-state index contributed by atoms with van der Waals surface area (Å²) in [7, 11) is 0. The minimum absolute atomic E-state index is 0.0295. The Hall–Kier alpha value is -2.39. The summed E-state index contributed by atoms with van der Waals surface area (Å²) >= 11 is 5.95. The number of carbonyl (C=O) groups is 1. The van der Waals surface area contributed by atoms with Gasteiger partial charge in [-0.05, 0) is 24.1 Å². The summed E-state index contributed by atoms with van der Waals surface area (Å²) in [5.74, 6) is -0.0295. The monoisotopic (exact) mass is 310 g/mol. The number of rotatable bonds is 4. The second-order valence-electron chi connectivity index (χ2n) is 5.09. The van der Waals surface area contributed by atoms with Crippen molar-refractivity contribution in [3.63, 3.8) is 0 Å². The van der Waals surface area contributed by atoms with Crippen molar-refractivity contribution in [3.05, 3.63) is 71.5 Å². The number of benzene rings is 2. The lowest BCUT2D eigenvalue weighted by Crippen LogP contribution is -2.12. The van der Waals surface area contributed by atoms with Gasteiger partial charge in [-0.15, -0.1) is 0 Å². The van der Waals surface area contributed by atoms with Gasteiger partial charge >= 0.3 is 0 Å². The summed E-state index contributed by atoms with van der Waals surface area (Å²) < 4.78 is 0. The summed E-state index contributed by atoms with van der Waals surface area (Å²) in [6.45, 7) is 0. The molecule has 0 aliphatic rings. The van der Waals surface area contributed by atoms with Gasteiger partial charge in [0.2, 0.25) is 5.91 Å². The molecule has 0 fully saturated rings. The van der Waals surface area contributed by atoms with Gasteiger partial charge in [0.15, 0.2) is 0 Å². The second-order valence-corrected chi connectivity index (χ2v) is 5.52. The van der Waals surface area contributed by atoms with E-state index in [0.717, 1.165) is 22.0 Å². The Morgan fingerprint density at radius 3 is 2.82 bits per heavy atom. The fourth-order valence-corrected chi connectivity index (χ4v) is 2.59. The molecular formula is C18H15ClN2O. The van der Waals surface area contributed by atoms with Crippen LogP contribution in [0, 0.1) is 0 Å². The maximum Gasteiger partial charge on any atom is 0.224 e. The van der Waals surface area contributed by atoms with Crippen molar-refractivity contribution in [2.24, 2.45) is 0 Å². The molecule has 22 heavy (non-hydrogen) atoms. The number of halogens is 1. The molecule has 3 aromatic rings. The highest BCUT2D eigenvalue weighted by Gasteiger charge is 2.06. The lowest BCUT2D eigenvalue weighted by atomic mass is 10.1. The second kappa shape index (κ2) is 6.58. The molecule has 0 aliphatic carbocycles. The van der Waals surface area contributed by atoms with Crippen LogP contribution in [0.5, 0.6) is 0 Å². The van der Waals surface area contributed by atoms with Crippen LogP contribution in [-0.2, 0) is 11.2 Å². The average molecular weight is 311 g/mol. The number of aromatic nitrogens is 1. The minimum atomic E-state index is -0.0295. The normalized spacial score (nSPS) is 10.6. The van der Waals surface area contributed by atoms with E-state index in [4.69, 9.17) is 11.6 Å². The molecule has 1 aromatic heterocycles. The van der Waals surface area contributed by atoms with E-state index in [0.29, 0.717) is 17.9 Å². The predicted octanol–water partition coefficient (Wildman–Crippen LogP) is 4.46. The Bertz CT molecular complexity index is 812. The van der Waals surface area contributed by atoms with E-state index in [1.165, 1.54) is 0 Å². The Kier molecular flexibility index (Phi) is 4.35. The van der Waals surface area contributed by atoms with Gasteiger partial charge in [0, 0.05) is 28.4 Å². The summed E-state index contributed by atoms with van der Waals surface area (Å²) in [6.07, 6.45) is 4.53. The van der Waals surface area contributed by atoms with Crippen molar-refractivity contribution in [2.75, 3.05) is 5.32 Å². The first-order valence-electron chi connectivity index (χ1n) is 7.09. The molecule has 3 nitrogen and oxygen atoms in total. The number of hydrogen-bond acceptors (Lipinski definition) is 2. The van der Waals surface area contributed by atoms with Crippen molar-refractivity contribution in [1.29, 1.82) is 0 Å². The summed E-state index contributed by atoms with van der Waals surface area (Å²) in [5, 5.41) is 5.63. The van der Waals surface area contributed by atoms with E-state index in [1.54, 1.807) is 12.4 Å². The first-order valence-corrected chi connectivity index (χ1v) is 7.47. The Morgan fingerprint density at radius 2 is 1.95 bits per heavy atom. The molecule has 1 N–H and O–H groups in total. The first-order chi connectivity index (χ1) is 10.7. The van der Waals surface area contributed by atoms with Crippen LogP contribution in [0.25, 0.3) is 10.8 Å². The Labute approximate surface area is 133 Å². The molecule has 0 aliphatic heterocycles. The van der Waals surface area contributed by atoms with Crippen LogP contribution in [0.15, 0.2) is 60.9 Å². The third kappa shape index (κ3) is 3.43. The molecule has 0 radical (unpaired) electrons. The van der Waals surface area contributed by atoms with Gasteiger partial charge in [0.05, 0.1) is 11.9 Å². The van der Waals surface area contributed by atoms with Crippen LogP contribution in [0.4, 0.5) is 5.69 Å². The molecule has 2 aromatic carbocycles. The predicted molar refractivity (Wildman–Crippen MR) is 90.1 cm³/mol. The zero-order chi connectivity index (χ0) is 15.4. The Morgan fingerprint density at radius 1 is 1.09 bits per heavy atom. The third-order valence-corrected chi connectivity index (χ3v) is 3.71. The quantitative estimate of drug-likeness (QED) is 0.773. The fourth-order valence-electron chi connectivity index (χ4n) is 2.38. The van der Waals surface area contributed by atoms with Crippen LogP contribution in [0.2, 0.25) is 5.02 Å². The zero-order valence-corrected chi connectivity index (χ0v) is 12.7. The van der Waals surface area contributed by atoms with Crippen molar-refractivity contribution >= 4 is 34.0 Å². The molecule has 1 heterocycles. The fraction of sp³-hybridized carbons (Fsp3) is 0.111. The summed E-state index contributed by atoms with van der Waals surface area (Å²) in [6, 6.07) is 15.4. The summed E-state index contributed by atoms with van der Waals surface area (Å²) in [4.78, 5) is 16.3. The van der Waals surface area contributed by atoms with Gasteiger partial charge in [0.25, 0.3) is 0 Å². The van der Waals surface area contributed by atoms with Crippen molar-refractivity contribution in [3.8, 4) is 0 Å². The molecule has 110 valence electrons. The van der Waals surface area contributed by atoms with Gasteiger partial charge in [-0.25, -0.2) is 0 Å². The molecule has 0 saturated carbocycles. The number of aryl methyl sites for hydroxylation is 1. The van der Waals surface area contributed by atoms with Crippen molar-refractivity contribution in [1.82, 2.24) is 4.98 Å². The molecule has 0 atom stereocenters. The lowest BCUT2D eigenvalue weighted by molar-refractivity contribution is -0.116. The molecule has 0 unspecified atom stereocenters. The first kappa shape index (κ1) is 14.5. The molecule has 0 bridgehead atoms. The third-order valence-electron chi connectivity index (χ3n) is 3.47. The number of anilines is 1. The van der Waals surface area contributed by atoms with E-state index in [1.807, 2.05) is 48.5 Å². The van der Waals surface area contributed by atoms with E-state index in [2.05, 4.69) is 10.3 Å². The number of nitrogens with one attached hydrogen (secondary N) is 1. The van der Waals surface area contributed by atoms with Crippen LogP contribution in [0.3, 0.4) is 0 Å². The number of amides is 1. The molecule has 0 spiro atoms. The number of fused-ring (bicyclic) bond motifs is 1. The highest BCUT2D eigenvalue weighted by molar-refractivity contribution is 6.30. The van der Waals surface area contributed by atoms with Gasteiger partial charge < -0.3 is 5.32 Å². The summed E-state index contributed by atoms with van der Waals surface area (Å²) in [5.41, 5.74) is 1.80. The number of carbonyl (C=O) groups excluding carboxylic acids is 1. The maximum absolute atomic E-state index is 12.1. The largest absolute Gasteiger partial charge is 0.324 e. The number of hydrogen-bond donors (Lipinski definition) is 1. The highest BCUT2D eigenvalue weighted by atomic mass is 35.5. The van der Waals surface area contributed by atoms with Crippen LogP contribution >= 0.6 is 11.6 Å². The molecule has 4 heteroatoms. The molecule has 1 amide bonds. The van der Waals surface area contributed by atoms with E-state index in [9.17, 15) is 4.79 Å². The smallest absolute Gasteiger partial charge is 0.224 e. The van der Waals surface area contributed by atoms with Crippen molar-refractivity contribution in [2.45, 2.75) is 12.8 Å². The van der Waals surface area contributed by atoms with Gasteiger partial charge in [0.1, 0.15) is 0 Å². The van der Waals surface area contributed by atoms with Crippen molar-refractivity contribution < 1.29 is 4.79 Å². The Balaban J connectivity index is 1.68. The minimum Gasteiger partial charge on any atom is -0.324 e. The molecule has 3 rings (SSSR count). The van der Waals surface area contributed by atoms with E-state index in [-0.39, 0.29) is 5.91 Å². The topological polar surface area (TPSA) is 42.0 Å². The van der Waals surface area contributed by atoms with E-state index < -0.39 is 0 Å². The number of nitrogens with zero attached hydrogens (tertiary/aromatic N) is 1.